The van der Waals surface area contributed by atoms with Gasteiger partial charge in [0.2, 0.25) is 11.9 Å². The summed E-state index contributed by atoms with van der Waals surface area (Å²) in [6, 6.07) is 11.5. The van der Waals surface area contributed by atoms with Crippen molar-refractivity contribution in [3.8, 4) is 23.1 Å². The molecular formula is C24H23F2N7O4. The minimum atomic E-state index is -2.91. The summed E-state index contributed by atoms with van der Waals surface area (Å²) in [7, 11) is 2.87. The summed E-state index contributed by atoms with van der Waals surface area (Å²) in [5.74, 6) is 0.340. The molecule has 0 atom stereocenters. The summed E-state index contributed by atoms with van der Waals surface area (Å²) in [5, 5.41) is 9.24. The van der Waals surface area contributed by atoms with Crippen molar-refractivity contribution in [3.63, 3.8) is 0 Å². The van der Waals surface area contributed by atoms with Gasteiger partial charge < -0.3 is 19.5 Å². The van der Waals surface area contributed by atoms with Crippen LogP contribution in [-0.2, 0) is 4.74 Å². The van der Waals surface area contributed by atoms with E-state index in [9.17, 15) is 18.7 Å². The highest BCUT2D eigenvalue weighted by Gasteiger charge is 2.26. The fourth-order valence-electron chi connectivity index (χ4n) is 4.05. The topological polar surface area (TPSA) is 119 Å². The maximum atomic E-state index is 14.2. The van der Waals surface area contributed by atoms with Crippen molar-refractivity contribution in [2.24, 2.45) is 0 Å². The van der Waals surface area contributed by atoms with Crippen LogP contribution in [0.5, 0.6) is 5.75 Å². The van der Waals surface area contributed by atoms with Gasteiger partial charge in [0.05, 0.1) is 25.8 Å². The molecule has 3 heterocycles. The van der Waals surface area contributed by atoms with E-state index in [1.807, 2.05) is 4.90 Å². The monoisotopic (exact) mass is 511 g/mol. The quantitative estimate of drug-likeness (QED) is 0.413. The maximum Gasteiger partial charge on any atom is 0.411 e. The zero-order valence-electron chi connectivity index (χ0n) is 20.0. The summed E-state index contributed by atoms with van der Waals surface area (Å²) in [5.41, 5.74) is 1.63. The van der Waals surface area contributed by atoms with Crippen LogP contribution in [0.4, 0.5) is 25.2 Å². The van der Waals surface area contributed by atoms with Crippen LogP contribution < -0.4 is 14.5 Å². The number of halogens is 2. The lowest BCUT2D eigenvalue weighted by molar-refractivity contribution is 0.122. The zero-order valence-corrected chi connectivity index (χ0v) is 20.0. The van der Waals surface area contributed by atoms with Crippen molar-refractivity contribution in [2.45, 2.75) is 6.43 Å². The number of imidazole rings is 1. The number of aromatic nitrogens is 5. The van der Waals surface area contributed by atoms with Crippen LogP contribution in [0.1, 0.15) is 12.2 Å². The van der Waals surface area contributed by atoms with Crippen molar-refractivity contribution in [1.29, 1.82) is 0 Å². The van der Waals surface area contributed by atoms with Gasteiger partial charge in [0.1, 0.15) is 11.3 Å². The number of carboxylic acid groups (broad SMARTS) is 1. The number of benzene rings is 2. The molecule has 0 unspecified atom stereocenters. The van der Waals surface area contributed by atoms with Crippen molar-refractivity contribution >= 4 is 28.8 Å². The second-order valence-corrected chi connectivity index (χ2v) is 8.18. The Morgan fingerprint density at radius 1 is 1.05 bits per heavy atom. The van der Waals surface area contributed by atoms with Gasteiger partial charge in [-0.15, -0.1) is 0 Å². The molecule has 13 heteroatoms. The third-order valence-corrected chi connectivity index (χ3v) is 5.99. The Labute approximate surface area is 209 Å². The van der Waals surface area contributed by atoms with Gasteiger partial charge in [-0.25, -0.2) is 18.6 Å². The lowest BCUT2D eigenvalue weighted by Gasteiger charge is -2.27. The number of ether oxygens (including phenoxy) is 2. The first-order valence-corrected chi connectivity index (χ1v) is 11.4. The summed E-state index contributed by atoms with van der Waals surface area (Å²) < 4.78 is 40.3. The second kappa shape index (κ2) is 9.93. The number of fused-ring (bicyclic) bond motifs is 1. The number of hydrogen-bond donors (Lipinski definition) is 1. The van der Waals surface area contributed by atoms with Gasteiger partial charge in [-0.05, 0) is 36.4 Å². The molecule has 1 aliphatic heterocycles. The Bertz CT molecular complexity index is 1440. The molecule has 0 aliphatic carbocycles. The lowest BCUT2D eigenvalue weighted by atomic mass is 10.2. The Morgan fingerprint density at radius 2 is 1.76 bits per heavy atom. The number of morpholine rings is 1. The largest absolute Gasteiger partial charge is 0.494 e. The molecule has 192 valence electrons. The van der Waals surface area contributed by atoms with Crippen LogP contribution in [0.2, 0.25) is 0 Å². The molecule has 2 aromatic heterocycles. The minimum absolute atomic E-state index is 0.0238. The predicted octanol–water partition coefficient (Wildman–Crippen LogP) is 3.77. The van der Waals surface area contributed by atoms with Crippen LogP contribution >= 0.6 is 0 Å². The van der Waals surface area contributed by atoms with Gasteiger partial charge >= 0.3 is 6.09 Å². The van der Waals surface area contributed by atoms with Gasteiger partial charge in [-0.1, -0.05) is 6.07 Å². The minimum Gasteiger partial charge on any atom is -0.494 e. The van der Waals surface area contributed by atoms with E-state index in [1.54, 1.807) is 42.5 Å². The molecule has 2 aromatic carbocycles. The number of rotatable bonds is 6. The van der Waals surface area contributed by atoms with E-state index in [4.69, 9.17) is 9.47 Å². The lowest BCUT2D eigenvalue weighted by Crippen LogP contribution is -2.37. The van der Waals surface area contributed by atoms with Crippen molar-refractivity contribution in [2.75, 3.05) is 50.3 Å². The highest BCUT2D eigenvalue weighted by atomic mass is 19.3. The number of alkyl halides is 2. The molecule has 5 rings (SSSR count). The third kappa shape index (κ3) is 4.60. The fourth-order valence-corrected chi connectivity index (χ4v) is 4.05. The maximum absolute atomic E-state index is 14.2. The molecule has 4 aromatic rings. The van der Waals surface area contributed by atoms with Crippen molar-refractivity contribution in [1.82, 2.24) is 24.5 Å². The van der Waals surface area contributed by atoms with E-state index in [2.05, 4.69) is 19.9 Å². The molecular weight excluding hydrogens is 488 g/mol. The van der Waals surface area contributed by atoms with Crippen molar-refractivity contribution < 1.29 is 28.2 Å². The number of amides is 1. The summed E-state index contributed by atoms with van der Waals surface area (Å²) in [6.45, 7) is 1.98. The summed E-state index contributed by atoms with van der Waals surface area (Å²) in [4.78, 5) is 32.1. The molecule has 1 N–H and O–H groups in total. The first-order valence-electron chi connectivity index (χ1n) is 11.4. The molecule has 11 nitrogen and oxygen atoms in total. The van der Waals surface area contributed by atoms with E-state index in [0.29, 0.717) is 54.8 Å². The first-order chi connectivity index (χ1) is 17.9. The molecule has 37 heavy (non-hydrogen) atoms. The fraction of sp³-hybridized carbons (Fsp3) is 0.292. The SMILES string of the molecule is COc1cccc2c1nc(C(F)F)n2-c1nc(-c2ccc(N(C)C(=O)O)cc2)nc(N2CCOCC2)n1. The number of methoxy groups -OCH3 is 1. The van der Waals surface area contributed by atoms with Crippen molar-refractivity contribution in [3.05, 3.63) is 48.3 Å². The van der Waals surface area contributed by atoms with Gasteiger partial charge in [-0.3, -0.25) is 9.47 Å². The van der Waals surface area contributed by atoms with E-state index >= 15 is 0 Å². The molecule has 1 saturated heterocycles. The zero-order chi connectivity index (χ0) is 26.1. The molecule has 0 saturated carbocycles. The van der Waals surface area contributed by atoms with Gasteiger partial charge in [-0.2, -0.15) is 15.0 Å². The number of para-hydroxylation sites is 1. The third-order valence-electron chi connectivity index (χ3n) is 5.99. The van der Waals surface area contributed by atoms with Crippen LogP contribution in [0, 0.1) is 0 Å². The van der Waals surface area contributed by atoms with E-state index in [-0.39, 0.29) is 17.3 Å². The van der Waals surface area contributed by atoms with E-state index < -0.39 is 18.3 Å². The highest BCUT2D eigenvalue weighted by molar-refractivity contribution is 5.86. The average Bonchev–Trinajstić information content (AvgIpc) is 3.33. The molecule has 0 radical (unpaired) electrons. The first kappa shape index (κ1) is 24.3. The van der Waals surface area contributed by atoms with E-state index in [1.165, 1.54) is 18.7 Å². The van der Waals surface area contributed by atoms with Gasteiger partial charge in [0.25, 0.3) is 6.43 Å². The molecule has 1 fully saturated rings. The Balaban J connectivity index is 1.69. The number of anilines is 2. The van der Waals surface area contributed by atoms with Crippen LogP contribution in [-0.4, -0.2) is 76.2 Å². The van der Waals surface area contributed by atoms with Crippen LogP contribution in [0.15, 0.2) is 42.5 Å². The molecule has 1 amide bonds. The predicted molar refractivity (Wildman–Crippen MR) is 131 cm³/mol. The van der Waals surface area contributed by atoms with Gasteiger partial charge in [0, 0.05) is 31.4 Å². The summed E-state index contributed by atoms with van der Waals surface area (Å²) in [6.07, 6.45) is -4.01. The van der Waals surface area contributed by atoms with Crippen LogP contribution in [0.25, 0.3) is 28.4 Å². The Morgan fingerprint density at radius 3 is 2.41 bits per heavy atom. The second-order valence-electron chi connectivity index (χ2n) is 8.18. The molecule has 0 bridgehead atoms. The smallest absolute Gasteiger partial charge is 0.411 e. The summed E-state index contributed by atoms with van der Waals surface area (Å²) >= 11 is 0. The number of nitrogens with zero attached hydrogens (tertiary/aromatic N) is 7. The van der Waals surface area contributed by atoms with Gasteiger partial charge in [0.15, 0.2) is 11.6 Å². The number of carbonyl (C=O) groups is 1. The average molecular weight is 511 g/mol. The van der Waals surface area contributed by atoms with E-state index in [0.717, 1.165) is 4.90 Å². The molecule has 1 aliphatic rings. The Kier molecular flexibility index (Phi) is 6.53. The number of hydrogen-bond acceptors (Lipinski definition) is 8. The Hall–Kier alpha value is -4.39. The van der Waals surface area contributed by atoms with Crippen LogP contribution in [0.3, 0.4) is 0 Å². The normalized spacial score (nSPS) is 13.8. The standard InChI is InChI=1S/C24H23F2N7O4/c1-31(24(34)35)15-8-6-14(7-9-15)20-28-22(32-10-12-37-13-11-32)30-23(29-20)33-16-4-3-5-17(36-2)18(16)27-21(33)19(25)26/h3-9,19H,10-13H2,1-2H3,(H,34,35). The molecule has 0 spiro atoms. The highest BCUT2D eigenvalue weighted by Crippen LogP contribution is 2.32.